The van der Waals surface area contributed by atoms with Crippen LogP contribution in [-0.2, 0) is 4.79 Å². The van der Waals surface area contributed by atoms with Crippen molar-refractivity contribution in [1.29, 1.82) is 0 Å². The minimum absolute atomic E-state index is 0.0261. The maximum atomic E-state index is 11.7. The molecule has 15 heavy (non-hydrogen) atoms. The van der Waals surface area contributed by atoms with Crippen LogP contribution in [0.4, 0.5) is 0 Å². The minimum Gasteiger partial charge on any atom is -0.351 e. The molecule has 2 atom stereocenters. The monoisotopic (exact) mass is 232 g/mol. The van der Waals surface area contributed by atoms with Gasteiger partial charge in [0.2, 0.25) is 5.91 Å². The molecule has 0 heterocycles. The molecule has 1 amide bonds. The lowest BCUT2D eigenvalue weighted by Gasteiger charge is -2.23. The van der Waals surface area contributed by atoms with Crippen LogP contribution in [0.15, 0.2) is 0 Å². The highest BCUT2D eigenvalue weighted by molar-refractivity contribution is 8.00. The predicted octanol–water partition coefficient (Wildman–Crippen LogP) is 1.76. The van der Waals surface area contributed by atoms with Crippen molar-refractivity contribution in [2.24, 2.45) is 5.73 Å². The van der Waals surface area contributed by atoms with Gasteiger partial charge in [0.15, 0.2) is 0 Å². The van der Waals surface area contributed by atoms with Gasteiger partial charge in [0.1, 0.15) is 0 Å². The van der Waals surface area contributed by atoms with Gasteiger partial charge in [0, 0.05) is 17.3 Å². The third-order valence-corrected chi connectivity index (χ3v) is 3.29. The number of carbonyl (C=O) groups excluding carboxylic acids is 1. The van der Waals surface area contributed by atoms with E-state index in [0.717, 1.165) is 12.2 Å². The van der Waals surface area contributed by atoms with Crippen molar-refractivity contribution in [2.75, 3.05) is 5.75 Å². The summed E-state index contributed by atoms with van der Waals surface area (Å²) in [7, 11) is 0. The zero-order chi connectivity index (χ0) is 12.1. The molecule has 0 fully saturated rings. The van der Waals surface area contributed by atoms with E-state index >= 15 is 0 Å². The zero-order valence-electron chi connectivity index (χ0n) is 10.5. The van der Waals surface area contributed by atoms with E-state index in [1.54, 1.807) is 11.8 Å². The highest BCUT2D eigenvalue weighted by Gasteiger charge is 2.19. The Bertz CT molecular complexity index is 201. The summed E-state index contributed by atoms with van der Waals surface area (Å²) in [5, 5.41) is 2.93. The molecule has 0 aromatic heterocycles. The van der Waals surface area contributed by atoms with Crippen molar-refractivity contribution in [3.63, 3.8) is 0 Å². The number of carbonyl (C=O) groups is 1. The largest absolute Gasteiger partial charge is 0.351 e. The summed E-state index contributed by atoms with van der Waals surface area (Å²) in [5.41, 5.74) is 5.64. The molecule has 4 heteroatoms. The first-order valence-electron chi connectivity index (χ1n) is 5.45. The molecular weight excluding hydrogens is 208 g/mol. The van der Waals surface area contributed by atoms with E-state index in [0.29, 0.717) is 0 Å². The summed E-state index contributed by atoms with van der Waals surface area (Å²) < 4.78 is 0. The Morgan fingerprint density at radius 1 is 1.47 bits per heavy atom. The molecule has 0 aliphatic carbocycles. The van der Waals surface area contributed by atoms with Crippen LogP contribution < -0.4 is 11.1 Å². The van der Waals surface area contributed by atoms with Gasteiger partial charge in [0.25, 0.3) is 0 Å². The lowest BCUT2D eigenvalue weighted by atomic mass is 10.1. The Hall–Kier alpha value is -0.220. The van der Waals surface area contributed by atoms with Crippen LogP contribution in [0.2, 0.25) is 0 Å². The molecule has 3 nitrogen and oxygen atoms in total. The lowest BCUT2D eigenvalue weighted by molar-refractivity contribution is -0.121. The van der Waals surface area contributed by atoms with Gasteiger partial charge in [-0.15, -0.1) is 11.8 Å². The number of nitrogens with two attached hydrogens (primary N) is 1. The molecule has 0 spiro atoms. The highest BCUT2D eigenvalue weighted by atomic mass is 32.2. The third-order valence-electron chi connectivity index (χ3n) is 1.95. The Morgan fingerprint density at radius 2 is 2.00 bits per heavy atom. The van der Waals surface area contributed by atoms with E-state index in [4.69, 9.17) is 5.73 Å². The summed E-state index contributed by atoms with van der Waals surface area (Å²) >= 11 is 1.62. The van der Waals surface area contributed by atoms with E-state index < -0.39 is 0 Å². The fourth-order valence-corrected chi connectivity index (χ4v) is 1.91. The Kier molecular flexibility index (Phi) is 6.29. The normalized spacial score (nSPS) is 15.9. The summed E-state index contributed by atoms with van der Waals surface area (Å²) in [6.07, 6.45) is 0.959. The molecule has 0 aliphatic heterocycles. The van der Waals surface area contributed by atoms with Crippen LogP contribution in [0.5, 0.6) is 0 Å². The van der Waals surface area contributed by atoms with Crippen LogP contribution in [-0.4, -0.2) is 28.5 Å². The number of nitrogens with one attached hydrogen (secondary N) is 1. The van der Waals surface area contributed by atoms with E-state index in [9.17, 15) is 4.79 Å². The zero-order valence-corrected chi connectivity index (χ0v) is 11.3. The molecule has 0 aromatic rings. The van der Waals surface area contributed by atoms with Gasteiger partial charge >= 0.3 is 0 Å². The van der Waals surface area contributed by atoms with E-state index in [-0.39, 0.29) is 22.7 Å². The number of hydrogen-bond donors (Lipinski definition) is 2. The average Bonchev–Trinajstić information content (AvgIpc) is 2.10. The second-order valence-corrected chi connectivity index (χ2v) is 6.26. The van der Waals surface area contributed by atoms with Crippen LogP contribution in [0.1, 0.15) is 41.0 Å². The van der Waals surface area contributed by atoms with Crippen molar-refractivity contribution in [2.45, 2.75) is 57.9 Å². The van der Waals surface area contributed by atoms with E-state index in [2.05, 4.69) is 12.2 Å². The number of thioether (sulfide) groups is 1. The standard InChI is InChI=1S/C11H24N2OS/c1-6-9(12)7-15-8(2)10(14)13-11(3,4)5/h8-9H,6-7,12H2,1-5H3,(H,13,14). The summed E-state index contributed by atoms with van der Waals surface area (Å²) in [6, 6.07) is 0.194. The molecule has 2 unspecified atom stereocenters. The van der Waals surface area contributed by atoms with E-state index in [1.807, 2.05) is 27.7 Å². The maximum absolute atomic E-state index is 11.7. The van der Waals surface area contributed by atoms with Crippen LogP contribution in [0, 0.1) is 0 Å². The second kappa shape index (κ2) is 6.38. The van der Waals surface area contributed by atoms with Gasteiger partial charge in [-0.25, -0.2) is 0 Å². The van der Waals surface area contributed by atoms with Gasteiger partial charge in [-0.1, -0.05) is 6.92 Å². The van der Waals surface area contributed by atoms with Gasteiger partial charge < -0.3 is 11.1 Å². The third kappa shape index (κ3) is 7.68. The quantitative estimate of drug-likeness (QED) is 0.759. The van der Waals surface area contributed by atoms with Gasteiger partial charge in [0.05, 0.1) is 5.25 Å². The van der Waals surface area contributed by atoms with Crippen molar-refractivity contribution >= 4 is 17.7 Å². The molecule has 0 saturated heterocycles. The first kappa shape index (κ1) is 14.8. The summed E-state index contributed by atoms with van der Waals surface area (Å²) in [5.74, 6) is 0.936. The van der Waals surface area contributed by atoms with Crippen LogP contribution in [0.25, 0.3) is 0 Å². The average molecular weight is 232 g/mol. The summed E-state index contributed by atoms with van der Waals surface area (Å²) in [6.45, 7) is 9.94. The van der Waals surface area contributed by atoms with E-state index in [1.165, 1.54) is 0 Å². The molecule has 0 aromatic carbocycles. The molecule has 0 saturated carbocycles. The van der Waals surface area contributed by atoms with Crippen molar-refractivity contribution in [1.82, 2.24) is 5.32 Å². The lowest BCUT2D eigenvalue weighted by Crippen LogP contribution is -2.44. The molecular formula is C11H24N2OS. The van der Waals surface area contributed by atoms with Crippen molar-refractivity contribution < 1.29 is 4.79 Å². The van der Waals surface area contributed by atoms with Crippen molar-refractivity contribution in [3.05, 3.63) is 0 Å². The number of rotatable bonds is 5. The van der Waals surface area contributed by atoms with Gasteiger partial charge in [-0.3, -0.25) is 4.79 Å². The van der Waals surface area contributed by atoms with Gasteiger partial charge in [-0.2, -0.15) is 0 Å². The molecule has 0 radical (unpaired) electrons. The first-order valence-corrected chi connectivity index (χ1v) is 6.50. The molecule has 0 rings (SSSR count). The topological polar surface area (TPSA) is 55.1 Å². The first-order chi connectivity index (χ1) is 6.76. The number of amides is 1. The Balaban J connectivity index is 3.90. The smallest absolute Gasteiger partial charge is 0.233 e. The maximum Gasteiger partial charge on any atom is 0.233 e. The second-order valence-electron chi connectivity index (χ2n) is 4.88. The SMILES string of the molecule is CCC(N)CSC(C)C(=O)NC(C)(C)C. The summed E-state index contributed by atoms with van der Waals surface area (Å²) in [4.78, 5) is 11.7. The van der Waals surface area contributed by atoms with Crippen LogP contribution in [0.3, 0.4) is 0 Å². The fraction of sp³-hybridized carbons (Fsp3) is 0.909. The molecule has 3 N–H and O–H groups in total. The Morgan fingerprint density at radius 3 is 2.40 bits per heavy atom. The van der Waals surface area contributed by atoms with Gasteiger partial charge in [-0.05, 0) is 34.1 Å². The fourth-order valence-electron chi connectivity index (χ4n) is 0.933. The molecule has 90 valence electrons. The molecule has 0 bridgehead atoms. The minimum atomic E-state index is -0.154. The highest BCUT2D eigenvalue weighted by Crippen LogP contribution is 2.13. The Labute approximate surface area is 97.6 Å². The van der Waals surface area contributed by atoms with Crippen molar-refractivity contribution in [3.8, 4) is 0 Å². The predicted molar refractivity (Wildman–Crippen MR) is 68.1 cm³/mol. The molecule has 0 aliphatic rings. The van der Waals surface area contributed by atoms with Crippen LogP contribution >= 0.6 is 11.8 Å². The number of hydrogen-bond acceptors (Lipinski definition) is 3.